The van der Waals surface area contributed by atoms with E-state index in [4.69, 9.17) is 14.5 Å². The van der Waals surface area contributed by atoms with Gasteiger partial charge >= 0.3 is 0 Å². The summed E-state index contributed by atoms with van der Waals surface area (Å²) >= 11 is 0. The van der Waals surface area contributed by atoms with Gasteiger partial charge in [0.05, 0.1) is 44.1 Å². The van der Waals surface area contributed by atoms with Crippen molar-refractivity contribution in [1.82, 2.24) is 14.5 Å². The highest BCUT2D eigenvalue weighted by Gasteiger charge is 2.67. The maximum Gasteiger partial charge on any atom is 0.143 e. The van der Waals surface area contributed by atoms with Gasteiger partial charge in [-0.05, 0) is 67.5 Å². The summed E-state index contributed by atoms with van der Waals surface area (Å²) in [5.74, 6) is 2.32. The third-order valence-electron chi connectivity index (χ3n) is 8.70. The number of halogens is 1. The summed E-state index contributed by atoms with van der Waals surface area (Å²) in [6, 6.07) is 13.9. The number of fused-ring (bicyclic) bond motifs is 2. The van der Waals surface area contributed by atoms with Crippen molar-refractivity contribution in [3.63, 3.8) is 0 Å². The molecule has 2 aromatic carbocycles. The zero-order valence-corrected chi connectivity index (χ0v) is 20.8. The summed E-state index contributed by atoms with van der Waals surface area (Å²) in [5.41, 5.74) is 4.65. The number of methoxy groups -OCH3 is 1. The number of hydrogen-bond donors (Lipinski definition) is 0. The van der Waals surface area contributed by atoms with Gasteiger partial charge in [0.2, 0.25) is 0 Å². The number of piperidine rings is 1. The van der Waals surface area contributed by atoms with Crippen LogP contribution in [0, 0.1) is 23.6 Å². The number of amidine groups is 1. The van der Waals surface area contributed by atoms with Crippen molar-refractivity contribution < 1.29 is 13.9 Å². The summed E-state index contributed by atoms with van der Waals surface area (Å²) in [4.78, 5) is 12.1. The van der Waals surface area contributed by atoms with Crippen molar-refractivity contribution in [1.29, 1.82) is 0 Å². The lowest BCUT2D eigenvalue weighted by Crippen LogP contribution is -2.61. The van der Waals surface area contributed by atoms with Gasteiger partial charge in [0.1, 0.15) is 17.4 Å². The highest BCUT2D eigenvalue weighted by atomic mass is 19.1. The van der Waals surface area contributed by atoms with Crippen LogP contribution in [0.15, 0.2) is 60.0 Å². The number of nitrogens with zero attached hydrogens (tertiary/aromatic N) is 4. The number of ether oxygens (including phenoxy) is 2. The minimum absolute atomic E-state index is 0.0266. The Bertz CT molecular complexity index is 1350. The minimum atomic E-state index is -0.187. The smallest absolute Gasteiger partial charge is 0.143 e. The second-order valence-electron chi connectivity index (χ2n) is 11.1. The number of aryl methyl sites for hydroxylation is 1. The van der Waals surface area contributed by atoms with Gasteiger partial charge in [-0.25, -0.2) is 9.37 Å². The number of aromatic nitrogens is 2. The Hall–Kier alpha value is -3.19. The van der Waals surface area contributed by atoms with Crippen molar-refractivity contribution in [2.24, 2.45) is 15.8 Å². The average molecular weight is 487 g/mol. The molecule has 1 aromatic heterocycles. The number of hydrogen-bond acceptors (Lipinski definition) is 5. The Morgan fingerprint density at radius 2 is 1.92 bits per heavy atom. The first-order valence-electron chi connectivity index (χ1n) is 12.8. The van der Waals surface area contributed by atoms with Crippen LogP contribution in [0.25, 0.3) is 5.69 Å². The molecule has 186 valence electrons. The molecule has 4 heterocycles. The molecule has 6 nitrogen and oxygen atoms in total. The van der Waals surface area contributed by atoms with E-state index in [-0.39, 0.29) is 22.7 Å². The van der Waals surface area contributed by atoms with Gasteiger partial charge in [-0.3, -0.25) is 4.99 Å². The van der Waals surface area contributed by atoms with Crippen LogP contribution in [0.5, 0.6) is 5.75 Å². The maximum absolute atomic E-state index is 13.7. The Morgan fingerprint density at radius 1 is 1.11 bits per heavy atom. The van der Waals surface area contributed by atoms with Crippen LogP contribution in [0.2, 0.25) is 0 Å². The summed E-state index contributed by atoms with van der Waals surface area (Å²) in [6.07, 6.45) is 7.01. The first kappa shape index (κ1) is 22.0. The van der Waals surface area contributed by atoms with Gasteiger partial charge in [-0.2, -0.15) is 0 Å². The molecule has 0 amide bonds. The molecule has 0 radical (unpaired) electrons. The van der Waals surface area contributed by atoms with Crippen molar-refractivity contribution in [2.75, 3.05) is 33.4 Å². The highest BCUT2D eigenvalue weighted by Crippen LogP contribution is 2.69. The van der Waals surface area contributed by atoms with E-state index >= 15 is 0 Å². The standard InChI is InChI=1S/C29H31FN4O2/c1-19-13-33(18-32-19)25-8-5-21(11-26(25)35-2)23-12-29(23)14-28(16-36-17-28)15-34-24(9-10-31-27(29)34)20-3-6-22(30)7-4-20/h3-8,11,13,18,23-24H,9-10,12,14-17H2,1-2H3. The lowest BCUT2D eigenvalue weighted by atomic mass is 9.69. The van der Waals surface area contributed by atoms with Crippen LogP contribution in [-0.4, -0.2) is 53.7 Å². The van der Waals surface area contributed by atoms with E-state index < -0.39 is 0 Å². The lowest BCUT2D eigenvalue weighted by Gasteiger charge is -2.56. The van der Waals surface area contributed by atoms with Gasteiger partial charge in [-0.15, -0.1) is 0 Å². The molecule has 1 aliphatic carbocycles. The van der Waals surface area contributed by atoms with Crippen LogP contribution in [0.3, 0.4) is 0 Å². The molecular formula is C29H31FN4O2. The third-order valence-corrected chi connectivity index (χ3v) is 8.70. The number of aliphatic imine (C=N–C) groups is 1. The van der Waals surface area contributed by atoms with Crippen molar-refractivity contribution in [3.05, 3.63) is 77.6 Å². The third kappa shape index (κ3) is 3.32. The van der Waals surface area contributed by atoms with Gasteiger partial charge in [0, 0.05) is 30.1 Å². The fourth-order valence-electron chi connectivity index (χ4n) is 6.96. The normalized spacial score (nSPS) is 28.0. The van der Waals surface area contributed by atoms with Crippen LogP contribution in [0.1, 0.15) is 48.0 Å². The predicted octanol–water partition coefficient (Wildman–Crippen LogP) is 5.07. The summed E-state index contributed by atoms with van der Waals surface area (Å²) in [7, 11) is 1.73. The largest absolute Gasteiger partial charge is 0.495 e. The highest BCUT2D eigenvalue weighted by molar-refractivity contribution is 5.94. The molecule has 4 aliphatic rings. The Balaban J connectivity index is 1.24. The van der Waals surface area contributed by atoms with Crippen molar-refractivity contribution >= 4 is 5.84 Å². The van der Waals surface area contributed by atoms with Crippen LogP contribution in [0.4, 0.5) is 4.39 Å². The van der Waals surface area contributed by atoms with Crippen LogP contribution < -0.4 is 4.74 Å². The molecule has 1 saturated carbocycles. The molecule has 7 heteroatoms. The molecule has 3 atom stereocenters. The zero-order valence-electron chi connectivity index (χ0n) is 20.8. The quantitative estimate of drug-likeness (QED) is 0.517. The molecule has 3 aliphatic heterocycles. The van der Waals surface area contributed by atoms with E-state index in [9.17, 15) is 4.39 Å². The second kappa shape index (κ2) is 7.90. The zero-order chi connectivity index (χ0) is 24.5. The molecule has 0 N–H and O–H groups in total. The van der Waals surface area contributed by atoms with Crippen molar-refractivity contribution in [2.45, 2.75) is 38.1 Å². The summed E-state index contributed by atoms with van der Waals surface area (Å²) in [5, 5.41) is 0. The van der Waals surface area contributed by atoms with Gasteiger partial charge < -0.3 is 18.9 Å². The molecule has 3 fully saturated rings. The molecule has 0 bridgehead atoms. The van der Waals surface area contributed by atoms with Crippen LogP contribution >= 0.6 is 0 Å². The predicted molar refractivity (Wildman–Crippen MR) is 135 cm³/mol. The minimum Gasteiger partial charge on any atom is -0.495 e. The number of imidazole rings is 1. The first-order valence-corrected chi connectivity index (χ1v) is 12.8. The van der Waals surface area contributed by atoms with E-state index in [1.54, 1.807) is 19.2 Å². The molecule has 7 rings (SSSR count). The summed E-state index contributed by atoms with van der Waals surface area (Å²) < 4.78 is 27.3. The fraction of sp³-hybridized carbons (Fsp3) is 0.448. The fourth-order valence-corrected chi connectivity index (χ4v) is 6.96. The first-order chi connectivity index (χ1) is 17.5. The van der Waals surface area contributed by atoms with E-state index in [1.165, 1.54) is 17.0 Å². The van der Waals surface area contributed by atoms with Gasteiger partial charge in [0.15, 0.2) is 0 Å². The van der Waals surface area contributed by atoms with E-state index in [1.807, 2.05) is 36.1 Å². The molecule has 36 heavy (non-hydrogen) atoms. The Morgan fingerprint density at radius 3 is 2.61 bits per heavy atom. The molecular weight excluding hydrogens is 455 g/mol. The number of benzene rings is 2. The SMILES string of the molecule is COc1cc(C2CC23CC2(COC2)CN2C3=NCCC2c2ccc(F)cc2)ccc1-n1cnc(C)c1. The number of rotatable bonds is 4. The monoisotopic (exact) mass is 486 g/mol. The maximum atomic E-state index is 13.7. The van der Waals surface area contributed by atoms with Gasteiger partial charge in [-0.1, -0.05) is 18.2 Å². The van der Waals surface area contributed by atoms with Crippen molar-refractivity contribution in [3.8, 4) is 11.4 Å². The van der Waals surface area contributed by atoms with Gasteiger partial charge in [0.25, 0.3) is 0 Å². The van der Waals surface area contributed by atoms with E-state index in [2.05, 4.69) is 28.1 Å². The Kier molecular flexibility index (Phi) is 4.84. The Labute approximate surface area is 210 Å². The van der Waals surface area contributed by atoms with E-state index in [0.29, 0.717) is 5.92 Å². The molecule has 2 saturated heterocycles. The molecule has 3 unspecified atom stereocenters. The molecule has 3 aromatic rings. The van der Waals surface area contributed by atoms with E-state index in [0.717, 1.165) is 62.7 Å². The van der Waals surface area contributed by atoms with Crippen LogP contribution in [-0.2, 0) is 4.74 Å². The topological polar surface area (TPSA) is 51.9 Å². The average Bonchev–Trinajstić information content (AvgIpc) is 3.42. The molecule has 2 spiro atoms. The summed E-state index contributed by atoms with van der Waals surface area (Å²) in [6.45, 7) is 5.39. The second-order valence-corrected chi connectivity index (χ2v) is 11.1. The lowest BCUT2D eigenvalue weighted by molar-refractivity contribution is -0.143.